The molecule has 4 rings (SSSR count). The van der Waals surface area contributed by atoms with Crippen LogP contribution in [0.4, 0.5) is 0 Å². The molecular formula is C40H73N. The number of hydrogen-bond donors (Lipinski definition) is 1. The highest BCUT2D eigenvalue weighted by Gasteiger charge is 2.80. The third-order valence-corrected chi connectivity index (χ3v) is 14.4. The van der Waals surface area contributed by atoms with E-state index < -0.39 is 0 Å². The molecule has 4 saturated carbocycles. The summed E-state index contributed by atoms with van der Waals surface area (Å²) < 4.78 is 0. The second-order valence-electron chi connectivity index (χ2n) is 17.0. The van der Waals surface area contributed by atoms with E-state index in [1.807, 2.05) is 0 Å². The molecule has 11 atom stereocenters. The number of hydrogen-bond acceptors (Lipinski definition) is 1. The molecule has 1 heteroatoms. The Morgan fingerprint density at radius 3 is 2.41 bits per heavy atom. The van der Waals surface area contributed by atoms with Gasteiger partial charge in [0.05, 0.1) is 0 Å². The molecule has 0 saturated heterocycles. The Morgan fingerprint density at radius 1 is 0.951 bits per heavy atom. The van der Waals surface area contributed by atoms with Crippen molar-refractivity contribution in [3.8, 4) is 0 Å². The maximum absolute atomic E-state index is 4.10. The minimum absolute atomic E-state index is 0.432. The quantitative estimate of drug-likeness (QED) is 0.206. The molecule has 0 aromatic heterocycles. The number of nitrogens with one attached hydrogen (secondary N) is 1. The zero-order valence-corrected chi connectivity index (χ0v) is 29.2. The summed E-state index contributed by atoms with van der Waals surface area (Å²) in [6, 6.07) is 0.493. The third kappa shape index (κ3) is 6.57. The van der Waals surface area contributed by atoms with Gasteiger partial charge in [-0.1, -0.05) is 106 Å². The van der Waals surface area contributed by atoms with Crippen molar-refractivity contribution < 1.29 is 0 Å². The third-order valence-electron chi connectivity index (χ3n) is 14.4. The van der Waals surface area contributed by atoms with E-state index in [0.29, 0.717) is 22.3 Å². The first-order valence-corrected chi connectivity index (χ1v) is 19.0. The maximum atomic E-state index is 4.10. The van der Waals surface area contributed by atoms with Gasteiger partial charge in [0.1, 0.15) is 0 Å². The molecule has 9 unspecified atom stereocenters. The fourth-order valence-corrected chi connectivity index (χ4v) is 12.7. The van der Waals surface area contributed by atoms with Crippen LogP contribution in [0.15, 0.2) is 12.7 Å². The lowest BCUT2D eigenvalue weighted by Gasteiger charge is -2.51. The second-order valence-corrected chi connectivity index (χ2v) is 17.0. The van der Waals surface area contributed by atoms with Gasteiger partial charge in [0.2, 0.25) is 0 Å². The molecule has 0 bridgehead atoms. The Morgan fingerprint density at radius 2 is 1.73 bits per heavy atom. The lowest BCUT2D eigenvalue weighted by Crippen LogP contribution is -2.44. The van der Waals surface area contributed by atoms with Crippen LogP contribution in [0.2, 0.25) is 0 Å². The maximum Gasteiger partial charge on any atom is 0.0247 e. The van der Waals surface area contributed by atoms with Gasteiger partial charge in [-0.25, -0.2) is 0 Å². The molecule has 238 valence electrons. The highest BCUT2D eigenvalue weighted by molar-refractivity contribution is 5.27. The molecular weight excluding hydrogens is 494 g/mol. The SMILES string of the molecule is C=CC(CCCC)NCCC(C)CC(C)(C)C1CCC2C(C)CC3CC(CC)CCC3CCC[C@]23C(C)[C@]13CCC. The van der Waals surface area contributed by atoms with Crippen LogP contribution in [0.3, 0.4) is 0 Å². The first-order chi connectivity index (χ1) is 19.6. The van der Waals surface area contributed by atoms with Crippen LogP contribution in [0.1, 0.15) is 165 Å². The summed E-state index contributed by atoms with van der Waals surface area (Å²) >= 11 is 0. The molecule has 0 aliphatic heterocycles. The largest absolute Gasteiger partial charge is 0.311 e. The van der Waals surface area contributed by atoms with Gasteiger partial charge in [-0.2, -0.15) is 0 Å². The van der Waals surface area contributed by atoms with Crippen LogP contribution in [0.25, 0.3) is 0 Å². The van der Waals surface area contributed by atoms with Crippen LogP contribution in [0, 0.1) is 63.6 Å². The van der Waals surface area contributed by atoms with Crippen molar-refractivity contribution in [2.24, 2.45) is 63.6 Å². The Bertz CT molecular complexity index is 814. The van der Waals surface area contributed by atoms with E-state index in [1.165, 1.54) is 83.5 Å². The molecule has 4 aliphatic rings. The average molecular weight is 568 g/mol. The standard InChI is InChI=1S/C40H73N/c1-10-14-17-35(13-4)41-25-22-29(5)28-38(8,9)37-21-20-36-30(6)26-34-27-32(12-3)18-19-33(34)16-15-24-39(36)31(7)40(37,39)23-11-2/h13,29-37,41H,4,10-12,14-28H2,1-3,5-9H3/t29?,30?,31?,32?,33?,34?,35?,36?,37?,39-,40+/m0/s1. The zero-order chi connectivity index (χ0) is 29.8. The van der Waals surface area contributed by atoms with Crippen molar-refractivity contribution in [3.63, 3.8) is 0 Å². The summed E-state index contributed by atoms with van der Waals surface area (Å²) in [6.45, 7) is 25.9. The highest BCUT2D eigenvalue weighted by Crippen LogP contribution is 2.85. The van der Waals surface area contributed by atoms with Gasteiger partial charge in [-0.15, -0.1) is 6.58 Å². The van der Waals surface area contributed by atoms with Gasteiger partial charge >= 0.3 is 0 Å². The van der Waals surface area contributed by atoms with Crippen molar-refractivity contribution in [2.45, 2.75) is 171 Å². The molecule has 0 radical (unpaired) electrons. The zero-order valence-electron chi connectivity index (χ0n) is 29.2. The van der Waals surface area contributed by atoms with E-state index in [1.54, 1.807) is 25.7 Å². The summed E-state index contributed by atoms with van der Waals surface area (Å²) in [4.78, 5) is 0. The molecule has 0 amide bonds. The van der Waals surface area contributed by atoms with Gasteiger partial charge in [0.15, 0.2) is 0 Å². The lowest BCUT2D eigenvalue weighted by atomic mass is 9.53. The van der Waals surface area contributed by atoms with E-state index in [0.717, 1.165) is 53.9 Å². The Hall–Kier alpha value is -0.300. The van der Waals surface area contributed by atoms with Gasteiger partial charge in [-0.3, -0.25) is 0 Å². The fraction of sp³-hybridized carbons (Fsp3) is 0.950. The summed E-state index contributed by atoms with van der Waals surface area (Å²) in [7, 11) is 0. The summed E-state index contributed by atoms with van der Waals surface area (Å²) in [6.07, 6.45) is 26.7. The van der Waals surface area contributed by atoms with Gasteiger partial charge in [0.25, 0.3) is 0 Å². The highest BCUT2D eigenvalue weighted by atomic mass is 14.9. The Balaban J connectivity index is 1.48. The van der Waals surface area contributed by atoms with E-state index in [-0.39, 0.29) is 0 Å². The summed E-state index contributed by atoms with van der Waals surface area (Å²) in [5, 5.41) is 3.82. The van der Waals surface area contributed by atoms with Crippen molar-refractivity contribution in [3.05, 3.63) is 12.7 Å². The second kappa shape index (κ2) is 14.2. The van der Waals surface area contributed by atoms with Gasteiger partial charge in [0, 0.05) is 6.04 Å². The number of unbranched alkanes of at least 4 members (excludes halogenated alkanes) is 1. The molecule has 1 nitrogen and oxygen atoms in total. The van der Waals surface area contributed by atoms with Crippen molar-refractivity contribution in [1.29, 1.82) is 0 Å². The average Bonchev–Trinajstić information content (AvgIpc) is 3.45. The Kier molecular flexibility index (Phi) is 11.6. The van der Waals surface area contributed by atoms with E-state index in [2.05, 4.69) is 73.4 Å². The predicted molar refractivity (Wildman–Crippen MR) is 181 cm³/mol. The number of fused-ring (bicyclic) bond motifs is 1. The van der Waals surface area contributed by atoms with Crippen LogP contribution in [-0.2, 0) is 0 Å². The van der Waals surface area contributed by atoms with Crippen molar-refractivity contribution in [2.75, 3.05) is 6.54 Å². The van der Waals surface area contributed by atoms with Crippen molar-refractivity contribution >= 4 is 0 Å². The smallest absolute Gasteiger partial charge is 0.0247 e. The monoisotopic (exact) mass is 568 g/mol. The van der Waals surface area contributed by atoms with Crippen LogP contribution in [-0.4, -0.2) is 12.6 Å². The van der Waals surface area contributed by atoms with Crippen LogP contribution in [0.5, 0.6) is 0 Å². The van der Waals surface area contributed by atoms with Crippen LogP contribution < -0.4 is 5.32 Å². The molecule has 4 aliphatic carbocycles. The van der Waals surface area contributed by atoms with E-state index in [4.69, 9.17) is 0 Å². The first kappa shape index (κ1) is 33.6. The minimum atomic E-state index is 0.432. The first-order valence-electron chi connectivity index (χ1n) is 19.0. The van der Waals surface area contributed by atoms with Gasteiger partial charge < -0.3 is 5.32 Å². The molecule has 1 spiro atoms. The normalized spacial score (nSPS) is 40.6. The van der Waals surface area contributed by atoms with Crippen molar-refractivity contribution in [1.82, 2.24) is 5.32 Å². The van der Waals surface area contributed by atoms with Crippen LogP contribution >= 0.6 is 0 Å². The molecule has 1 N–H and O–H groups in total. The van der Waals surface area contributed by atoms with Gasteiger partial charge in [-0.05, 0) is 134 Å². The fourth-order valence-electron chi connectivity index (χ4n) is 12.7. The molecule has 4 fully saturated rings. The van der Waals surface area contributed by atoms with E-state index in [9.17, 15) is 0 Å². The molecule has 0 aromatic carbocycles. The topological polar surface area (TPSA) is 12.0 Å². The minimum Gasteiger partial charge on any atom is -0.311 e. The Labute approximate surface area is 258 Å². The lowest BCUT2D eigenvalue weighted by molar-refractivity contribution is -0.0241. The molecule has 0 heterocycles. The number of rotatable bonds is 14. The molecule has 41 heavy (non-hydrogen) atoms. The summed E-state index contributed by atoms with van der Waals surface area (Å²) in [5.41, 5.74) is 1.68. The summed E-state index contributed by atoms with van der Waals surface area (Å²) in [5.74, 6) is 7.61. The van der Waals surface area contributed by atoms with E-state index >= 15 is 0 Å². The predicted octanol–water partition coefficient (Wildman–Crippen LogP) is 11.9. The molecule has 0 aromatic rings.